The highest BCUT2D eigenvalue weighted by Gasteiger charge is 2.03. The molecule has 3 aromatic rings. The van der Waals surface area contributed by atoms with Crippen LogP contribution in [0.4, 0.5) is 0 Å². The van der Waals surface area contributed by atoms with Gasteiger partial charge in [0.2, 0.25) is 0 Å². The van der Waals surface area contributed by atoms with Gasteiger partial charge in [0.1, 0.15) is 12.2 Å². The third kappa shape index (κ3) is 5.95. The number of guanidine groups is 1. The number of rotatable bonds is 9. The number of para-hydroxylation sites is 1. The number of halogens is 1. The van der Waals surface area contributed by atoms with Crippen molar-refractivity contribution in [2.24, 2.45) is 4.99 Å². The van der Waals surface area contributed by atoms with Crippen molar-refractivity contribution in [1.29, 1.82) is 0 Å². The minimum atomic E-state index is 0. The molecule has 0 aliphatic carbocycles. The number of aromatic nitrogens is 4. The normalized spacial score (nSPS) is 11.4. The fraction of sp³-hybridized carbons (Fsp3) is 0.450. The van der Waals surface area contributed by atoms with Crippen molar-refractivity contribution in [3.8, 4) is 0 Å². The van der Waals surface area contributed by atoms with Crippen LogP contribution in [0, 0.1) is 0 Å². The topological polar surface area (TPSA) is 72.1 Å². The van der Waals surface area contributed by atoms with Crippen LogP contribution in [0.25, 0.3) is 10.9 Å². The zero-order chi connectivity index (χ0) is 18.9. The molecule has 2 N–H and O–H groups in total. The fourth-order valence-corrected chi connectivity index (χ4v) is 3.14. The Morgan fingerprint density at radius 2 is 1.93 bits per heavy atom. The lowest BCUT2D eigenvalue weighted by atomic mass is 10.2. The second-order valence-corrected chi connectivity index (χ2v) is 6.40. The third-order valence-corrected chi connectivity index (χ3v) is 4.51. The molecule has 0 unspecified atom stereocenters. The van der Waals surface area contributed by atoms with E-state index >= 15 is 0 Å². The van der Waals surface area contributed by atoms with Gasteiger partial charge in [-0.05, 0) is 30.9 Å². The summed E-state index contributed by atoms with van der Waals surface area (Å²) in [6, 6.07) is 10.6. The first-order chi connectivity index (χ1) is 13.3. The molecule has 0 aliphatic rings. The van der Waals surface area contributed by atoms with Gasteiger partial charge in [0, 0.05) is 50.9 Å². The van der Waals surface area contributed by atoms with Gasteiger partial charge in [-0.25, -0.2) is 0 Å². The van der Waals surface area contributed by atoms with E-state index < -0.39 is 0 Å². The number of hydrogen-bond acceptors (Lipinski definition) is 3. The van der Waals surface area contributed by atoms with E-state index in [-0.39, 0.29) is 24.0 Å². The molecule has 8 heteroatoms. The Kier molecular flexibility index (Phi) is 9.26. The Hall–Kier alpha value is -2.10. The zero-order valence-electron chi connectivity index (χ0n) is 16.6. The summed E-state index contributed by atoms with van der Waals surface area (Å²) in [4.78, 5) is 4.69. The number of aliphatic imine (C=N–C) groups is 1. The van der Waals surface area contributed by atoms with Crippen molar-refractivity contribution in [2.75, 3.05) is 19.6 Å². The second-order valence-electron chi connectivity index (χ2n) is 6.40. The molecule has 152 valence electrons. The minimum Gasteiger partial charge on any atom is -0.357 e. The van der Waals surface area contributed by atoms with Crippen molar-refractivity contribution in [3.63, 3.8) is 0 Å². The first-order valence-corrected chi connectivity index (χ1v) is 9.74. The summed E-state index contributed by atoms with van der Waals surface area (Å²) in [7, 11) is 0. The predicted octanol–water partition coefficient (Wildman–Crippen LogP) is 3.06. The summed E-state index contributed by atoms with van der Waals surface area (Å²) in [5.41, 5.74) is 1.28. The van der Waals surface area contributed by atoms with Gasteiger partial charge < -0.3 is 19.8 Å². The lowest BCUT2D eigenvalue weighted by Gasteiger charge is -2.12. The van der Waals surface area contributed by atoms with Gasteiger partial charge >= 0.3 is 0 Å². The molecule has 2 heterocycles. The summed E-state index contributed by atoms with van der Waals surface area (Å²) >= 11 is 0. The van der Waals surface area contributed by atoms with Crippen LogP contribution in [0.1, 0.15) is 26.1 Å². The Morgan fingerprint density at radius 3 is 2.75 bits per heavy atom. The van der Waals surface area contributed by atoms with Crippen molar-refractivity contribution in [1.82, 2.24) is 30.0 Å². The molecule has 0 aliphatic heterocycles. The average molecular weight is 495 g/mol. The maximum absolute atomic E-state index is 4.69. The third-order valence-electron chi connectivity index (χ3n) is 4.51. The van der Waals surface area contributed by atoms with Crippen LogP contribution in [0.5, 0.6) is 0 Å². The van der Waals surface area contributed by atoms with E-state index in [0.717, 1.165) is 57.3 Å². The van der Waals surface area contributed by atoms with Gasteiger partial charge in [-0.15, -0.1) is 34.2 Å². The Labute approximate surface area is 183 Å². The number of benzene rings is 1. The largest absolute Gasteiger partial charge is 0.357 e. The van der Waals surface area contributed by atoms with Crippen molar-refractivity contribution >= 4 is 40.8 Å². The Morgan fingerprint density at radius 1 is 1.07 bits per heavy atom. The zero-order valence-corrected chi connectivity index (χ0v) is 19.0. The summed E-state index contributed by atoms with van der Waals surface area (Å²) in [5, 5.41) is 16.1. The maximum Gasteiger partial charge on any atom is 0.191 e. The molecular formula is C20H30IN7. The standard InChI is InChI=1S/C20H29N7.HI/c1-3-19-25-24-16-27(19)15-12-23-20(21-4-2)22-11-7-13-26-14-10-17-8-5-6-9-18(17)26;/h5-6,8-10,14,16H,3-4,7,11-13,15H2,1-2H3,(H2,21,22,23);1H. The summed E-state index contributed by atoms with van der Waals surface area (Å²) < 4.78 is 4.37. The Balaban J connectivity index is 0.00000280. The van der Waals surface area contributed by atoms with Crippen LogP contribution in [-0.4, -0.2) is 44.9 Å². The number of aryl methyl sites for hydroxylation is 2. The molecule has 1 aromatic carbocycles. The first kappa shape index (κ1) is 22.2. The molecule has 0 bridgehead atoms. The molecule has 0 saturated heterocycles. The molecule has 7 nitrogen and oxygen atoms in total. The van der Waals surface area contributed by atoms with Gasteiger partial charge in [0.15, 0.2) is 5.96 Å². The van der Waals surface area contributed by atoms with Crippen LogP contribution in [0.3, 0.4) is 0 Å². The molecule has 0 saturated carbocycles. The first-order valence-electron chi connectivity index (χ1n) is 9.74. The van der Waals surface area contributed by atoms with E-state index in [0.29, 0.717) is 0 Å². The molecule has 0 spiro atoms. The SMILES string of the molecule is CCNC(=NCCCn1ccc2ccccc21)NCCn1cnnc1CC.I. The molecule has 28 heavy (non-hydrogen) atoms. The smallest absolute Gasteiger partial charge is 0.191 e. The molecular weight excluding hydrogens is 465 g/mol. The number of nitrogens with zero attached hydrogens (tertiary/aromatic N) is 5. The van der Waals surface area contributed by atoms with Gasteiger partial charge in [0.05, 0.1) is 0 Å². The highest BCUT2D eigenvalue weighted by molar-refractivity contribution is 14.0. The van der Waals surface area contributed by atoms with E-state index in [1.54, 1.807) is 6.33 Å². The van der Waals surface area contributed by atoms with E-state index in [9.17, 15) is 0 Å². The van der Waals surface area contributed by atoms with Crippen molar-refractivity contribution in [3.05, 3.63) is 48.7 Å². The lowest BCUT2D eigenvalue weighted by molar-refractivity contribution is 0.629. The lowest BCUT2D eigenvalue weighted by Crippen LogP contribution is -2.39. The highest BCUT2D eigenvalue weighted by Crippen LogP contribution is 2.15. The van der Waals surface area contributed by atoms with Crippen molar-refractivity contribution in [2.45, 2.75) is 39.8 Å². The van der Waals surface area contributed by atoms with Crippen LogP contribution < -0.4 is 10.6 Å². The molecule has 0 radical (unpaired) electrons. The summed E-state index contributed by atoms with van der Waals surface area (Å²) in [6.07, 6.45) is 5.83. The number of fused-ring (bicyclic) bond motifs is 1. The highest BCUT2D eigenvalue weighted by atomic mass is 127. The average Bonchev–Trinajstić information content (AvgIpc) is 3.32. The van der Waals surface area contributed by atoms with Crippen LogP contribution >= 0.6 is 24.0 Å². The monoisotopic (exact) mass is 495 g/mol. The number of hydrogen-bond donors (Lipinski definition) is 2. The van der Waals surface area contributed by atoms with Gasteiger partial charge in [-0.2, -0.15) is 0 Å². The van der Waals surface area contributed by atoms with Crippen LogP contribution in [-0.2, 0) is 19.5 Å². The molecule has 2 aromatic heterocycles. The van der Waals surface area contributed by atoms with Gasteiger partial charge in [0.25, 0.3) is 0 Å². The molecule has 0 atom stereocenters. The van der Waals surface area contributed by atoms with Gasteiger partial charge in [-0.3, -0.25) is 4.99 Å². The van der Waals surface area contributed by atoms with Crippen LogP contribution in [0.2, 0.25) is 0 Å². The minimum absolute atomic E-state index is 0. The van der Waals surface area contributed by atoms with Crippen LogP contribution in [0.15, 0.2) is 47.8 Å². The summed E-state index contributed by atoms with van der Waals surface area (Å²) in [6.45, 7) is 8.40. The van der Waals surface area contributed by atoms with E-state index in [2.05, 4.69) is 80.3 Å². The maximum atomic E-state index is 4.69. The molecule has 0 fully saturated rings. The molecule has 3 rings (SSSR count). The second kappa shape index (κ2) is 11.7. The number of nitrogens with one attached hydrogen (secondary N) is 2. The van der Waals surface area contributed by atoms with E-state index in [1.807, 2.05) is 0 Å². The quantitative estimate of drug-likeness (QED) is 0.207. The molecule has 0 amide bonds. The van der Waals surface area contributed by atoms with E-state index in [4.69, 9.17) is 4.99 Å². The predicted molar refractivity (Wildman–Crippen MR) is 125 cm³/mol. The van der Waals surface area contributed by atoms with E-state index in [1.165, 1.54) is 10.9 Å². The van der Waals surface area contributed by atoms with Crippen molar-refractivity contribution < 1.29 is 0 Å². The fourth-order valence-electron chi connectivity index (χ4n) is 3.14. The van der Waals surface area contributed by atoms with Gasteiger partial charge in [-0.1, -0.05) is 25.1 Å². The summed E-state index contributed by atoms with van der Waals surface area (Å²) in [5.74, 6) is 1.87. The Bertz CT molecular complexity index is 868.